The number of furan rings is 1. The Hall–Kier alpha value is -1.75. The molecule has 3 aromatic heterocycles. The molecule has 1 aliphatic rings. The zero-order valence-electron chi connectivity index (χ0n) is 10.3. The van der Waals surface area contributed by atoms with Crippen molar-refractivity contribution in [1.82, 2.24) is 14.5 Å². The van der Waals surface area contributed by atoms with E-state index < -0.39 is 0 Å². The van der Waals surface area contributed by atoms with Crippen LogP contribution in [0.1, 0.15) is 18.2 Å². The number of nitrogens with zero attached hydrogens (tertiary/aromatic N) is 3. The van der Waals surface area contributed by atoms with Crippen LogP contribution in [0.2, 0.25) is 0 Å². The summed E-state index contributed by atoms with van der Waals surface area (Å²) < 4.78 is 7.62. The Bertz CT molecular complexity index is 699. The minimum absolute atomic E-state index is 0.490. The van der Waals surface area contributed by atoms with Crippen LogP contribution in [0.25, 0.3) is 17.0 Å². The molecule has 0 N–H and O–H groups in total. The molecule has 0 amide bonds. The highest BCUT2D eigenvalue weighted by atomic mass is 32.2. The molecule has 19 heavy (non-hydrogen) atoms. The summed E-state index contributed by atoms with van der Waals surface area (Å²) in [6, 6.07) is 7.79. The maximum atomic E-state index is 5.56. The average Bonchev–Trinajstić information content (AvgIpc) is 3.17. The first kappa shape index (κ1) is 11.1. The summed E-state index contributed by atoms with van der Waals surface area (Å²) in [6.07, 6.45) is 4.67. The molecule has 0 aromatic carbocycles. The van der Waals surface area contributed by atoms with Crippen molar-refractivity contribution in [3.05, 3.63) is 42.5 Å². The molecule has 4 rings (SSSR count). The van der Waals surface area contributed by atoms with Crippen LogP contribution in [-0.2, 0) is 0 Å². The van der Waals surface area contributed by atoms with Gasteiger partial charge in [-0.25, -0.2) is 14.5 Å². The summed E-state index contributed by atoms with van der Waals surface area (Å²) in [7, 11) is 0. The second kappa shape index (κ2) is 4.42. The lowest BCUT2D eigenvalue weighted by Gasteiger charge is -2.09. The fourth-order valence-electron chi connectivity index (χ4n) is 2.56. The van der Waals surface area contributed by atoms with E-state index in [0.29, 0.717) is 5.92 Å². The number of fused-ring (bicyclic) bond motifs is 1. The summed E-state index contributed by atoms with van der Waals surface area (Å²) in [5.41, 5.74) is 1.81. The van der Waals surface area contributed by atoms with Crippen LogP contribution in [0.4, 0.5) is 0 Å². The first-order chi connectivity index (χ1) is 9.43. The first-order valence-corrected chi connectivity index (χ1v) is 7.54. The van der Waals surface area contributed by atoms with Gasteiger partial charge < -0.3 is 4.42 Å². The summed E-state index contributed by atoms with van der Waals surface area (Å²) in [4.78, 5) is 9.24. The van der Waals surface area contributed by atoms with E-state index in [1.165, 1.54) is 12.2 Å². The summed E-state index contributed by atoms with van der Waals surface area (Å²) in [5, 5.41) is 0. The maximum absolute atomic E-state index is 5.56. The third kappa shape index (κ3) is 1.76. The largest absolute Gasteiger partial charge is 0.448 e. The van der Waals surface area contributed by atoms with Crippen LogP contribution in [-0.4, -0.2) is 26.0 Å². The number of hydrogen-bond acceptors (Lipinski definition) is 4. The van der Waals surface area contributed by atoms with Gasteiger partial charge in [-0.2, -0.15) is 11.8 Å². The quantitative estimate of drug-likeness (QED) is 0.717. The summed E-state index contributed by atoms with van der Waals surface area (Å²) in [5.74, 6) is 4.70. The van der Waals surface area contributed by atoms with E-state index in [4.69, 9.17) is 9.40 Å². The topological polar surface area (TPSA) is 43.9 Å². The van der Waals surface area contributed by atoms with Gasteiger partial charge in [0.15, 0.2) is 5.65 Å². The van der Waals surface area contributed by atoms with E-state index in [9.17, 15) is 0 Å². The third-order valence-electron chi connectivity index (χ3n) is 3.46. The van der Waals surface area contributed by atoms with Gasteiger partial charge in [-0.15, -0.1) is 0 Å². The smallest absolute Gasteiger partial charge is 0.206 e. The maximum Gasteiger partial charge on any atom is 0.206 e. The molecule has 1 unspecified atom stereocenters. The Kier molecular flexibility index (Phi) is 2.58. The first-order valence-electron chi connectivity index (χ1n) is 6.38. The number of imidazole rings is 1. The van der Waals surface area contributed by atoms with Crippen molar-refractivity contribution in [3.8, 4) is 5.88 Å². The van der Waals surface area contributed by atoms with Gasteiger partial charge in [0, 0.05) is 23.9 Å². The van der Waals surface area contributed by atoms with Gasteiger partial charge in [0.05, 0.1) is 6.26 Å². The number of hydrogen-bond donors (Lipinski definition) is 0. The molecular weight excluding hydrogens is 258 g/mol. The Morgan fingerprint density at radius 2 is 2.32 bits per heavy atom. The Balaban J connectivity index is 1.98. The number of rotatable bonds is 2. The fourth-order valence-corrected chi connectivity index (χ4v) is 3.77. The van der Waals surface area contributed by atoms with Gasteiger partial charge in [-0.05, 0) is 30.4 Å². The third-order valence-corrected chi connectivity index (χ3v) is 4.63. The standard InChI is InChI=1S/C14H13N3OS/c1-3-11-14(15-6-1)17(12-4-2-7-18-12)13(16-11)10-5-8-19-9-10/h1-4,6-7,10H,5,8-9H2. The summed E-state index contributed by atoms with van der Waals surface area (Å²) >= 11 is 1.99. The van der Waals surface area contributed by atoms with Crippen LogP contribution < -0.4 is 0 Å². The molecule has 5 heteroatoms. The van der Waals surface area contributed by atoms with E-state index in [-0.39, 0.29) is 0 Å². The van der Waals surface area contributed by atoms with E-state index in [2.05, 4.69) is 9.55 Å². The van der Waals surface area contributed by atoms with E-state index in [0.717, 1.165) is 28.6 Å². The molecule has 0 saturated carbocycles. The van der Waals surface area contributed by atoms with Crippen molar-refractivity contribution in [2.75, 3.05) is 11.5 Å². The van der Waals surface area contributed by atoms with Crippen LogP contribution in [0.5, 0.6) is 0 Å². The molecule has 1 aliphatic heterocycles. The average molecular weight is 271 g/mol. The molecular formula is C14H13N3OS. The van der Waals surface area contributed by atoms with Gasteiger partial charge in [0.25, 0.3) is 0 Å². The molecule has 4 heterocycles. The van der Waals surface area contributed by atoms with Gasteiger partial charge >= 0.3 is 0 Å². The number of thioether (sulfide) groups is 1. The van der Waals surface area contributed by atoms with Crippen LogP contribution in [0, 0.1) is 0 Å². The normalized spacial score (nSPS) is 19.3. The summed E-state index contributed by atoms with van der Waals surface area (Å²) in [6.45, 7) is 0. The van der Waals surface area contributed by atoms with Crippen molar-refractivity contribution >= 4 is 22.9 Å². The van der Waals surface area contributed by atoms with Gasteiger partial charge in [-0.3, -0.25) is 0 Å². The predicted molar refractivity (Wildman–Crippen MR) is 75.8 cm³/mol. The van der Waals surface area contributed by atoms with E-state index >= 15 is 0 Å². The van der Waals surface area contributed by atoms with Crippen molar-refractivity contribution in [3.63, 3.8) is 0 Å². The Morgan fingerprint density at radius 3 is 3.11 bits per heavy atom. The van der Waals surface area contributed by atoms with Crippen molar-refractivity contribution in [2.24, 2.45) is 0 Å². The highest BCUT2D eigenvalue weighted by molar-refractivity contribution is 7.99. The molecule has 1 fully saturated rings. The molecule has 96 valence electrons. The molecule has 0 bridgehead atoms. The van der Waals surface area contributed by atoms with E-state index in [1.54, 1.807) is 12.5 Å². The van der Waals surface area contributed by atoms with Gasteiger partial charge in [0.1, 0.15) is 11.3 Å². The molecule has 4 nitrogen and oxygen atoms in total. The molecule has 1 atom stereocenters. The van der Waals surface area contributed by atoms with Crippen LogP contribution in [0.15, 0.2) is 41.1 Å². The van der Waals surface area contributed by atoms with Crippen LogP contribution in [0.3, 0.4) is 0 Å². The van der Waals surface area contributed by atoms with E-state index in [1.807, 2.05) is 36.0 Å². The molecule has 1 saturated heterocycles. The zero-order chi connectivity index (χ0) is 12.7. The minimum atomic E-state index is 0.490. The second-order valence-electron chi connectivity index (χ2n) is 4.66. The van der Waals surface area contributed by atoms with Gasteiger partial charge in [-0.1, -0.05) is 0 Å². The fraction of sp³-hybridized carbons (Fsp3) is 0.286. The lowest BCUT2D eigenvalue weighted by Crippen LogP contribution is -2.07. The molecule has 0 aliphatic carbocycles. The van der Waals surface area contributed by atoms with Crippen molar-refractivity contribution in [1.29, 1.82) is 0 Å². The predicted octanol–water partition coefficient (Wildman–Crippen LogP) is 3.23. The van der Waals surface area contributed by atoms with Crippen molar-refractivity contribution in [2.45, 2.75) is 12.3 Å². The molecule has 0 radical (unpaired) electrons. The van der Waals surface area contributed by atoms with Crippen LogP contribution >= 0.6 is 11.8 Å². The Morgan fingerprint density at radius 1 is 1.32 bits per heavy atom. The lowest BCUT2D eigenvalue weighted by molar-refractivity contribution is 0.529. The SMILES string of the molecule is c1coc(-n2c(C3CCSC3)nc3cccnc32)c1. The number of aromatic nitrogens is 3. The highest BCUT2D eigenvalue weighted by Gasteiger charge is 2.25. The zero-order valence-corrected chi connectivity index (χ0v) is 11.1. The van der Waals surface area contributed by atoms with Gasteiger partial charge in [0.2, 0.25) is 5.88 Å². The monoisotopic (exact) mass is 271 g/mol. The number of pyridine rings is 1. The highest BCUT2D eigenvalue weighted by Crippen LogP contribution is 2.34. The lowest BCUT2D eigenvalue weighted by atomic mass is 10.1. The second-order valence-corrected chi connectivity index (χ2v) is 5.81. The Labute approximate surface area is 114 Å². The minimum Gasteiger partial charge on any atom is -0.448 e. The molecule has 0 spiro atoms. The molecule has 3 aromatic rings. The van der Waals surface area contributed by atoms with Crippen molar-refractivity contribution < 1.29 is 4.42 Å².